The number of alkyl halides is 2. The molecule has 1 aliphatic rings. The van der Waals surface area contributed by atoms with Crippen LogP contribution in [0.25, 0.3) is 0 Å². The highest BCUT2D eigenvalue weighted by molar-refractivity contribution is 4.95. The van der Waals surface area contributed by atoms with Gasteiger partial charge in [0.15, 0.2) is 0 Å². The van der Waals surface area contributed by atoms with Crippen molar-refractivity contribution in [1.29, 1.82) is 0 Å². The zero-order chi connectivity index (χ0) is 9.99. The number of halogens is 2. The van der Waals surface area contributed by atoms with E-state index in [0.29, 0.717) is 6.54 Å². The molecule has 0 atom stereocenters. The van der Waals surface area contributed by atoms with Crippen LogP contribution < -0.4 is 0 Å². The second kappa shape index (κ2) is 3.69. The number of likely N-dealkylation sites (tertiary alicyclic amines) is 1. The van der Waals surface area contributed by atoms with E-state index in [4.69, 9.17) is 0 Å². The van der Waals surface area contributed by atoms with Gasteiger partial charge in [0.2, 0.25) is 0 Å². The van der Waals surface area contributed by atoms with Crippen molar-refractivity contribution in [2.24, 2.45) is 5.41 Å². The Bertz CT molecular complexity index is 127. The molecule has 0 aliphatic carbocycles. The highest BCUT2D eigenvalue weighted by Crippen LogP contribution is 2.42. The summed E-state index contributed by atoms with van der Waals surface area (Å²) in [6, 6.07) is 0. The molecule has 0 saturated carbocycles. The Balaban J connectivity index is 0.000000561. The molecule has 1 nitrogen and oxygen atoms in total. The normalized spacial score (nSPS) is 26.2. The zero-order valence-corrected chi connectivity index (χ0v) is 8.62. The smallest absolute Gasteiger partial charge is 0.266 e. The summed E-state index contributed by atoms with van der Waals surface area (Å²) in [6.07, 6.45) is 0. The van der Waals surface area contributed by atoms with E-state index in [2.05, 4.69) is 0 Å². The summed E-state index contributed by atoms with van der Waals surface area (Å²) in [5.41, 5.74) is -0.845. The first-order valence-corrected chi connectivity index (χ1v) is 4.41. The van der Waals surface area contributed by atoms with Crippen molar-refractivity contribution >= 4 is 0 Å². The van der Waals surface area contributed by atoms with Crippen LogP contribution in [0.15, 0.2) is 0 Å². The molecule has 0 bridgehead atoms. The van der Waals surface area contributed by atoms with Gasteiger partial charge in [0, 0.05) is 12.0 Å². The number of rotatable bonds is 0. The predicted molar refractivity (Wildman–Crippen MR) is 47.6 cm³/mol. The van der Waals surface area contributed by atoms with Crippen LogP contribution in [-0.2, 0) is 0 Å². The van der Waals surface area contributed by atoms with Gasteiger partial charge < -0.3 is 0 Å². The van der Waals surface area contributed by atoms with Crippen LogP contribution >= 0.6 is 0 Å². The number of hydrogen-bond donors (Lipinski definition) is 0. The summed E-state index contributed by atoms with van der Waals surface area (Å²) in [7, 11) is 1.72. The maximum absolute atomic E-state index is 12.9. The van der Waals surface area contributed by atoms with Crippen LogP contribution in [-0.4, -0.2) is 31.0 Å². The lowest BCUT2D eigenvalue weighted by atomic mass is 9.89. The summed E-state index contributed by atoms with van der Waals surface area (Å²) >= 11 is 0. The van der Waals surface area contributed by atoms with Gasteiger partial charge in [0.25, 0.3) is 5.92 Å². The Morgan fingerprint density at radius 3 is 1.58 bits per heavy atom. The van der Waals surface area contributed by atoms with Crippen LogP contribution in [0.3, 0.4) is 0 Å². The van der Waals surface area contributed by atoms with Crippen molar-refractivity contribution in [2.45, 2.75) is 33.6 Å². The van der Waals surface area contributed by atoms with E-state index in [9.17, 15) is 8.78 Å². The maximum atomic E-state index is 12.9. The van der Waals surface area contributed by atoms with Gasteiger partial charge >= 0.3 is 0 Å². The molecule has 1 rings (SSSR count). The van der Waals surface area contributed by atoms with Crippen LogP contribution in [0.1, 0.15) is 27.7 Å². The standard InChI is InChI=1S/C7H13F2N.C2H6/c1-6(2)4-10(3)5-7(6,8)9;1-2/h4-5H2,1-3H3;1-2H3. The Morgan fingerprint density at radius 1 is 1.08 bits per heavy atom. The quantitative estimate of drug-likeness (QED) is 0.552. The van der Waals surface area contributed by atoms with E-state index in [1.807, 2.05) is 13.8 Å². The van der Waals surface area contributed by atoms with Gasteiger partial charge in [-0.3, -0.25) is 4.90 Å². The van der Waals surface area contributed by atoms with Crippen molar-refractivity contribution < 1.29 is 8.78 Å². The van der Waals surface area contributed by atoms with Crippen molar-refractivity contribution in [3.63, 3.8) is 0 Å². The fourth-order valence-corrected chi connectivity index (χ4v) is 1.40. The zero-order valence-electron chi connectivity index (χ0n) is 8.62. The molecule has 1 saturated heterocycles. The molecule has 3 heteroatoms. The summed E-state index contributed by atoms with van der Waals surface area (Å²) in [6.45, 7) is 7.60. The molecule has 0 spiro atoms. The molecule has 0 radical (unpaired) electrons. The van der Waals surface area contributed by atoms with Gasteiger partial charge in [-0.1, -0.05) is 27.7 Å². The number of nitrogens with zero attached hydrogens (tertiary/aromatic N) is 1. The van der Waals surface area contributed by atoms with E-state index in [0.717, 1.165) is 0 Å². The molecule has 1 aliphatic heterocycles. The minimum Gasteiger partial charge on any atom is -0.300 e. The first-order chi connectivity index (χ1) is 5.35. The SMILES string of the molecule is CC.CN1CC(C)(C)C(F)(F)C1. The molecule has 12 heavy (non-hydrogen) atoms. The molecule has 0 aromatic rings. The third kappa shape index (κ3) is 2.16. The van der Waals surface area contributed by atoms with E-state index in [1.54, 1.807) is 25.8 Å². The van der Waals surface area contributed by atoms with Crippen molar-refractivity contribution in [1.82, 2.24) is 4.90 Å². The van der Waals surface area contributed by atoms with Crippen LogP contribution in [0.4, 0.5) is 8.78 Å². The van der Waals surface area contributed by atoms with Gasteiger partial charge in [0.1, 0.15) is 0 Å². The molecule has 0 aromatic carbocycles. The fraction of sp³-hybridized carbons (Fsp3) is 1.00. The van der Waals surface area contributed by atoms with Gasteiger partial charge in [-0.15, -0.1) is 0 Å². The van der Waals surface area contributed by atoms with Crippen LogP contribution in [0.2, 0.25) is 0 Å². The molecule has 74 valence electrons. The lowest BCUT2D eigenvalue weighted by Crippen LogP contribution is -2.34. The van der Waals surface area contributed by atoms with Crippen LogP contribution in [0, 0.1) is 5.41 Å². The van der Waals surface area contributed by atoms with Gasteiger partial charge in [-0.05, 0) is 7.05 Å². The monoisotopic (exact) mass is 179 g/mol. The van der Waals surface area contributed by atoms with Gasteiger partial charge in [-0.2, -0.15) is 0 Å². The summed E-state index contributed by atoms with van der Waals surface area (Å²) in [5, 5.41) is 0. The molecule has 1 fully saturated rings. The molecular weight excluding hydrogens is 160 g/mol. The average Bonchev–Trinajstić information content (AvgIpc) is 2.04. The molecular formula is C9H19F2N. The van der Waals surface area contributed by atoms with Crippen molar-refractivity contribution in [3.8, 4) is 0 Å². The number of hydrogen-bond acceptors (Lipinski definition) is 1. The fourth-order valence-electron chi connectivity index (χ4n) is 1.40. The minimum atomic E-state index is -2.51. The average molecular weight is 179 g/mol. The highest BCUT2D eigenvalue weighted by Gasteiger charge is 2.52. The summed E-state index contributed by atoms with van der Waals surface area (Å²) in [5.74, 6) is -2.51. The Hall–Kier alpha value is -0.180. The lowest BCUT2D eigenvalue weighted by Gasteiger charge is -2.24. The highest BCUT2D eigenvalue weighted by atomic mass is 19.3. The third-order valence-electron chi connectivity index (χ3n) is 2.12. The van der Waals surface area contributed by atoms with Crippen LogP contribution in [0.5, 0.6) is 0 Å². The van der Waals surface area contributed by atoms with Gasteiger partial charge in [0.05, 0.1) is 6.54 Å². The topological polar surface area (TPSA) is 3.24 Å². The first-order valence-electron chi connectivity index (χ1n) is 4.41. The molecule has 0 aromatic heterocycles. The molecule has 0 N–H and O–H groups in total. The molecule has 1 heterocycles. The Morgan fingerprint density at radius 2 is 1.50 bits per heavy atom. The third-order valence-corrected chi connectivity index (χ3v) is 2.12. The Kier molecular flexibility index (Phi) is 3.63. The summed E-state index contributed by atoms with van der Waals surface area (Å²) < 4.78 is 25.9. The summed E-state index contributed by atoms with van der Waals surface area (Å²) in [4.78, 5) is 1.67. The second-order valence-electron chi connectivity index (χ2n) is 3.76. The van der Waals surface area contributed by atoms with E-state index in [-0.39, 0.29) is 6.54 Å². The largest absolute Gasteiger partial charge is 0.300 e. The van der Waals surface area contributed by atoms with E-state index in [1.165, 1.54) is 0 Å². The lowest BCUT2D eigenvalue weighted by molar-refractivity contribution is -0.0664. The van der Waals surface area contributed by atoms with E-state index < -0.39 is 11.3 Å². The van der Waals surface area contributed by atoms with E-state index >= 15 is 0 Å². The molecule has 0 unspecified atom stereocenters. The van der Waals surface area contributed by atoms with Crippen molar-refractivity contribution in [3.05, 3.63) is 0 Å². The minimum absolute atomic E-state index is 0.0972. The molecule has 0 amide bonds. The van der Waals surface area contributed by atoms with Gasteiger partial charge in [-0.25, -0.2) is 8.78 Å². The first kappa shape index (κ1) is 11.8. The Labute approximate surface area is 73.7 Å². The van der Waals surface area contributed by atoms with Crippen molar-refractivity contribution in [2.75, 3.05) is 20.1 Å². The maximum Gasteiger partial charge on any atom is 0.266 e. The predicted octanol–water partition coefficient (Wildman–Crippen LogP) is 2.62. The second-order valence-corrected chi connectivity index (χ2v) is 3.76.